The average molecular weight is 242 g/mol. The van der Waals surface area contributed by atoms with Crippen molar-refractivity contribution < 1.29 is 9.53 Å². The largest absolute Gasteiger partial charge is 0.383 e. The molecule has 17 heavy (non-hydrogen) atoms. The van der Waals surface area contributed by atoms with E-state index in [4.69, 9.17) is 4.74 Å². The number of nitrogens with one attached hydrogen (secondary N) is 2. The van der Waals surface area contributed by atoms with Gasteiger partial charge in [-0.3, -0.25) is 4.79 Å². The zero-order valence-electron chi connectivity index (χ0n) is 11.1. The van der Waals surface area contributed by atoms with Crippen molar-refractivity contribution in [1.82, 2.24) is 10.6 Å². The van der Waals surface area contributed by atoms with Crippen LogP contribution < -0.4 is 10.6 Å². The van der Waals surface area contributed by atoms with E-state index in [1.807, 2.05) is 0 Å². The molecule has 1 aliphatic carbocycles. The highest BCUT2D eigenvalue weighted by molar-refractivity contribution is 5.77. The molecular weight excluding hydrogens is 216 g/mol. The summed E-state index contributed by atoms with van der Waals surface area (Å²) in [6.07, 6.45) is 5.15. The summed E-state index contributed by atoms with van der Waals surface area (Å²) in [5, 5.41) is 6.05. The van der Waals surface area contributed by atoms with E-state index in [-0.39, 0.29) is 5.91 Å². The van der Waals surface area contributed by atoms with Crippen LogP contribution in [0.5, 0.6) is 0 Å². The SMILES string of the molecule is COCCNCC(=O)NCC1CCC(C)CC1. The van der Waals surface area contributed by atoms with Gasteiger partial charge in [-0.1, -0.05) is 19.8 Å². The molecule has 1 aliphatic rings. The van der Waals surface area contributed by atoms with Gasteiger partial charge in [-0.25, -0.2) is 0 Å². The highest BCUT2D eigenvalue weighted by Gasteiger charge is 2.18. The van der Waals surface area contributed by atoms with E-state index >= 15 is 0 Å². The predicted molar refractivity (Wildman–Crippen MR) is 68.9 cm³/mol. The van der Waals surface area contributed by atoms with Gasteiger partial charge in [0.05, 0.1) is 13.2 Å². The van der Waals surface area contributed by atoms with E-state index in [9.17, 15) is 4.79 Å². The van der Waals surface area contributed by atoms with E-state index in [0.29, 0.717) is 19.1 Å². The van der Waals surface area contributed by atoms with Crippen molar-refractivity contribution in [3.05, 3.63) is 0 Å². The van der Waals surface area contributed by atoms with Crippen LogP contribution in [-0.4, -0.2) is 39.3 Å². The maximum absolute atomic E-state index is 11.5. The Morgan fingerprint density at radius 2 is 2.00 bits per heavy atom. The molecule has 0 unspecified atom stereocenters. The van der Waals surface area contributed by atoms with Crippen LogP contribution in [0.25, 0.3) is 0 Å². The van der Waals surface area contributed by atoms with Gasteiger partial charge in [0.15, 0.2) is 0 Å². The van der Waals surface area contributed by atoms with Crippen molar-refractivity contribution in [2.24, 2.45) is 11.8 Å². The third kappa shape index (κ3) is 6.64. The maximum atomic E-state index is 11.5. The fourth-order valence-electron chi connectivity index (χ4n) is 2.23. The fourth-order valence-corrected chi connectivity index (χ4v) is 2.23. The van der Waals surface area contributed by atoms with Crippen LogP contribution in [0.4, 0.5) is 0 Å². The molecule has 0 aromatic heterocycles. The lowest BCUT2D eigenvalue weighted by Crippen LogP contribution is -2.38. The smallest absolute Gasteiger partial charge is 0.233 e. The molecule has 100 valence electrons. The molecule has 1 saturated carbocycles. The first-order chi connectivity index (χ1) is 8.22. The number of methoxy groups -OCH3 is 1. The molecule has 0 saturated heterocycles. The topological polar surface area (TPSA) is 50.4 Å². The standard InChI is InChI=1S/C13H26N2O2/c1-11-3-5-12(6-4-11)9-15-13(16)10-14-7-8-17-2/h11-12,14H,3-10H2,1-2H3,(H,15,16). The Kier molecular flexibility index (Phi) is 7.21. The Labute approximate surface area is 104 Å². The third-order valence-corrected chi connectivity index (χ3v) is 3.49. The minimum absolute atomic E-state index is 0.0970. The van der Waals surface area contributed by atoms with Crippen LogP contribution in [-0.2, 0) is 9.53 Å². The first kappa shape index (κ1) is 14.5. The highest BCUT2D eigenvalue weighted by Crippen LogP contribution is 2.27. The number of carbonyl (C=O) groups is 1. The van der Waals surface area contributed by atoms with Crippen molar-refractivity contribution in [1.29, 1.82) is 0 Å². The Balaban J connectivity index is 1.99. The third-order valence-electron chi connectivity index (χ3n) is 3.49. The molecule has 0 heterocycles. The number of hydrogen-bond donors (Lipinski definition) is 2. The Bertz CT molecular complexity index is 213. The van der Waals surface area contributed by atoms with Crippen molar-refractivity contribution in [2.75, 3.05) is 33.4 Å². The van der Waals surface area contributed by atoms with Crippen molar-refractivity contribution in [3.63, 3.8) is 0 Å². The molecule has 0 radical (unpaired) electrons. The molecule has 1 amide bonds. The van der Waals surface area contributed by atoms with E-state index in [0.717, 1.165) is 19.0 Å². The number of ether oxygens (including phenoxy) is 1. The number of amides is 1. The molecule has 0 aromatic rings. The molecule has 0 atom stereocenters. The summed E-state index contributed by atoms with van der Waals surface area (Å²) in [5.41, 5.74) is 0. The molecule has 4 nitrogen and oxygen atoms in total. The van der Waals surface area contributed by atoms with Crippen molar-refractivity contribution in [2.45, 2.75) is 32.6 Å². The molecule has 1 fully saturated rings. The van der Waals surface area contributed by atoms with E-state index in [1.165, 1.54) is 25.7 Å². The minimum Gasteiger partial charge on any atom is -0.383 e. The first-order valence-electron chi connectivity index (χ1n) is 6.68. The molecule has 4 heteroatoms. The van der Waals surface area contributed by atoms with Crippen LogP contribution in [0.1, 0.15) is 32.6 Å². The summed E-state index contributed by atoms with van der Waals surface area (Å²) in [7, 11) is 1.66. The van der Waals surface area contributed by atoms with Gasteiger partial charge in [0.1, 0.15) is 0 Å². The quantitative estimate of drug-likeness (QED) is 0.659. The first-order valence-corrected chi connectivity index (χ1v) is 6.68. The fraction of sp³-hybridized carbons (Fsp3) is 0.923. The van der Waals surface area contributed by atoms with Crippen molar-refractivity contribution in [3.8, 4) is 0 Å². The second-order valence-electron chi connectivity index (χ2n) is 5.10. The molecule has 2 N–H and O–H groups in total. The monoisotopic (exact) mass is 242 g/mol. The summed E-state index contributed by atoms with van der Waals surface area (Å²) in [6.45, 7) is 4.93. The Morgan fingerprint density at radius 3 is 2.65 bits per heavy atom. The van der Waals surface area contributed by atoms with E-state index < -0.39 is 0 Å². The zero-order valence-corrected chi connectivity index (χ0v) is 11.1. The molecule has 0 aliphatic heterocycles. The van der Waals surface area contributed by atoms with Gasteiger partial charge in [-0.15, -0.1) is 0 Å². The summed E-state index contributed by atoms with van der Waals surface area (Å²) in [6, 6.07) is 0. The molecule has 1 rings (SSSR count). The molecule has 0 aromatic carbocycles. The van der Waals surface area contributed by atoms with Crippen LogP contribution >= 0.6 is 0 Å². The summed E-state index contributed by atoms with van der Waals surface area (Å²) in [5.74, 6) is 1.66. The molecule has 0 spiro atoms. The summed E-state index contributed by atoms with van der Waals surface area (Å²) in [4.78, 5) is 11.5. The van der Waals surface area contributed by atoms with Crippen LogP contribution in [0.2, 0.25) is 0 Å². The zero-order chi connectivity index (χ0) is 12.5. The van der Waals surface area contributed by atoms with Crippen LogP contribution in [0, 0.1) is 11.8 Å². The molecule has 0 bridgehead atoms. The van der Waals surface area contributed by atoms with E-state index in [2.05, 4.69) is 17.6 Å². The Hall–Kier alpha value is -0.610. The lowest BCUT2D eigenvalue weighted by atomic mass is 9.83. The van der Waals surface area contributed by atoms with Crippen LogP contribution in [0.3, 0.4) is 0 Å². The molecular formula is C13H26N2O2. The lowest BCUT2D eigenvalue weighted by molar-refractivity contribution is -0.120. The van der Waals surface area contributed by atoms with E-state index in [1.54, 1.807) is 7.11 Å². The lowest BCUT2D eigenvalue weighted by Gasteiger charge is -2.26. The van der Waals surface area contributed by atoms with Gasteiger partial charge in [-0.2, -0.15) is 0 Å². The van der Waals surface area contributed by atoms with Crippen LogP contribution in [0.15, 0.2) is 0 Å². The normalized spacial score (nSPS) is 24.6. The number of rotatable bonds is 7. The van der Waals surface area contributed by atoms with Gasteiger partial charge in [0.2, 0.25) is 5.91 Å². The average Bonchev–Trinajstić information content (AvgIpc) is 2.34. The maximum Gasteiger partial charge on any atom is 0.233 e. The predicted octanol–water partition coefficient (Wildman–Crippen LogP) is 1.16. The van der Waals surface area contributed by atoms with Gasteiger partial charge in [0.25, 0.3) is 0 Å². The van der Waals surface area contributed by atoms with Crippen molar-refractivity contribution >= 4 is 5.91 Å². The summed E-state index contributed by atoms with van der Waals surface area (Å²) < 4.78 is 4.89. The second kappa shape index (κ2) is 8.48. The van der Waals surface area contributed by atoms with Gasteiger partial charge in [-0.05, 0) is 24.7 Å². The van der Waals surface area contributed by atoms with Gasteiger partial charge < -0.3 is 15.4 Å². The van der Waals surface area contributed by atoms with Gasteiger partial charge in [0, 0.05) is 20.2 Å². The minimum atomic E-state index is 0.0970. The number of hydrogen-bond acceptors (Lipinski definition) is 3. The Morgan fingerprint density at radius 1 is 1.29 bits per heavy atom. The number of carbonyl (C=O) groups excluding carboxylic acids is 1. The second-order valence-corrected chi connectivity index (χ2v) is 5.10. The summed E-state index contributed by atoms with van der Waals surface area (Å²) >= 11 is 0. The van der Waals surface area contributed by atoms with Gasteiger partial charge >= 0.3 is 0 Å². The highest BCUT2D eigenvalue weighted by atomic mass is 16.5.